The zero-order valence-electron chi connectivity index (χ0n) is 18.5. The third-order valence-electron chi connectivity index (χ3n) is 7.17. The first-order valence-electron chi connectivity index (χ1n) is 11.0. The van der Waals surface area contributed by atoms with E-state index in [1.165, 1.54) is 0 Å². The Labute approximate surface area is 199 Å². The molecular weight excluding hydrogens is 447 g/mol. The third-order valence-corrected chi connectivity index (χ3v) is 7.91. The number of ether oxygens (including phenoxy) is 1. The maximum absolute atomic E-state index is 12.9. The average molecular weight is 477 g/mol. The van der Waals surface area contributed by atoms with Crippen LogP contribution in [0.25, 0.3) is 0 Å². The molecule has 2 N–H and O–H groups in total. The zero-order valence-corrected chi connectivity index (χ0v) is 20.0. The van der Waals surface area contributed by atoms with Crippen molar-refractivity contribution in [3.05, 3.63) is 63.6 Å². The molecule has 0 radical (unpaired) electrons. The molecule has 0 aromatic heterocycles. The molecule has 4 rings (SSSR count). The molecule has 172 valence electrons. The monoisotopic (exact) mass is 476 g/mol. The summed E-state index contributed by atoms with van der Waals surface area (Å²) in [4.78, 5) is 15.3. The maximum atomic E-state index is 12.9. The fraction of sp³-hybridized carbons (Fsp3) is 0.480. The van der Waals surface area contributed by atoms with Gasteiger partial charge in [-0.15, -0.1) is 0 Å². The van der Waals surface area contributed by atoms with E-state index in [-0.39, 0.29) is 41.6 Å². The molecule has 4 atom stereocenters. The summed E-state index contributed by atoms with van der Waals surface area (Å²) in [7, 11) is 3.90. The second kappa shape index (κ2) is 9.60. The molecule has 0 spiro atoms. The molecule has 32 heavy (non-hydrogen) atoms. The number of phenols is 1. The van der Waals surface area contributed by atoms with E-state index in [1.54, 1.807) is 25.3 Å². The molecule has 2 aromatic carbocycles. The largest absolute Gasteiger partial charge is 0.508 e. The number of hydrogen-bond donors (Lipinski definition) is 2. The van der Waals surface area contributed by atoms with Gasteiger partial charge in [0.15, 0.2) is 0 Å². The Kier molecular flexibility index (Phi) is 7.01. The minimum absolute atomic E-state index is 0.0165. The van der Waals surface area contributed by atoms with Crippen LogP contribution in [0.15, 0.2) is 42.5 Å². The first-order chi connectivity index (χ1) is 15.3. The number of piperidine rings is 1. The number of methoxy groups -OCH3 is 1. The van der Waals surface area contributed by atoms with Gasteiger partial charge in [0.2, 0.25) is 5.91 Å². The van der Waals surface area contributed by atoms with Crippen LogP contribution in [0, 0.1) is 5.92 Å². The molecule has 1 saturated heterocycles. The van der Waals surface area contributed by atoms with Gasteiger partial charge in [0.1, 0.15) is 5.75 Å². The van der Waals surface area contributed by atoms with Crippen LogP contribution < -0.4 is 5.32 Å². The molecule has 1 amide bonds. The summed E-state index contributed by atoms with van der Waals surface area (Å²) < 4.78 is 5.97. The molecule has 2 aromatic rings. The van der Waals surface area contributed by atoms with Crippen molar-refractivity contribution in [1.29, 1.82) is 0 Å². The van der Waals surface area contributed by atoms with E-state index < -0.39 is 0 Å². The predicted octanol–water partition coefficient (Wildman–Crippen LogP) is 4.42. The Balaban J connectivity index is 1.57. The Morgan fingerprint density at radius 2 is 2.06 bits per heavy atom. The Morgan fingerprint density at radius 3 is 2.78 bits per heavy atom. The number of nitrogens with one attached hydrogen (secondary N) is 1. The van der Waals surface area contributed by atoms with Crippen LogP contribution >= 0.6 is 23.2 Å². The SMILES string of the molecule is COC1C[C@@H](NC(=O)Cc2ccc(Cl)c(Cl)c2)C[C@]2(c3cccc(O)c3)CCN(C)C[C@@H]12. The smallest absolute Gasteiger partial charge is 0.224 e. The standard InChI is InChI=1S/C25H30Cl2N2O3/c1-29-9-8-25(17-4-3-5-19(30)12-17)14-18(13-23(32-2)20(25)15-29)28-24(31)11-16-6-7-21(26)22(27)10-16/h3-7,10,12,18,20,23,30H,8-9,11,13-15H2,1-2H3,(H,28,31)/t18-,20+,23?,25+/m1/s1. The maximum Gasteiger partial charge on any atom is 0.224 e. The normalized spacial score (nSPS) is 28.2. The molecule has 0 bridgehead atoms. The summed E-state index contributed by atoms with van der Waals surface area (Å²) in [6.45, 7) is 1.89. The van der Waals surface area contributed by atoms with Gasteiger partial charge in [0.05, 0.1) is 22.6 Å². The quantitative estimate of drug-likeness (QED) is 0.669. The van der Waals surface area contributed by atoms with Crippen LogP contribution in [0.2, 0.25) is 10.0 Å². The van der Waals surface area contributed by atoms with Gasteiger partial charge in [0.25, 0.3) is 0 Å². The average Bonchev–Trinajstić information content (AvgIpc) is 2.76. The lowest BCUT2D eigenvalue weighted by atomic mass is 9.57. The second-order valence-corrected chi connectivity index (χ2v) is 10.0. The number of likely N-dealkylation sites (tertiary alicyclic amines) is 1. The third kappa shape index (κ3) is 4.76. The van der Waals surface area contributed by atoms with Crippen molar-refractivity contribution in [3.63, 3.8) is 0 Å². The van der Waals surface area contributed by atoms with Gasteiger partial charge in [-0.1, -0.05) is 41.4 Å². The molecule has 1 aliphatic heterocycles. The van der Waals surface area contributed by atoms with Crippen molar-refractivity contribution in [2.45, 2.75) is 43.2 Å². The second-order valence-electron chi connectivity index (χ2n) is 9.23. The molecule has 7 heteroatoms. The molecule has 2 fully saturated rings. The number of hydrogen-bond acceptors (Lipinski definition) is 4. The molecular formula is C25H30Cl2N2O3. The van der Waals surface area contributed by atoms with Crippen molar-refractivity contribution >= 4 is 29.1 Å². The van der Waals surface area contributed by atoms with E-state index in [0.29, 0.717) is 10.0 Å². The van der Waals surface area contributed by atoms with Crippen LogP contribution in [0.4, 0.5) is 0 Å². The highest BCUT2D eigenvalue weighted by Crippen LogP contribution is 2.50. The van der Waals surface area contributed by atoms with Gasteiger partial charge in [-0.3, -0.25) is 4.79 Å². The summed E-state index contributed by atoms with van der Waals surface area (Å²) in [5.41, 5.74) is 1.79. The lowest BCUT2D eigenvalue weighted by Gasteiger charge is -2.55. The molecule has 1 unspecified atom stereocenters. The van der Waals surface area contributed by atoms with Gasteiger partial charge in [0, 0.05) is 31.0 Å². The number of aromatic hydroxyl groups is 1. The Bertz CT molecular complexity index is 985. The van der Waals surface area contributed by atoms with E-state index in [2.05, 4.69) is 23.3 Å². The fourth-order valence-corrected chi connectivity index (χ4v) is 5.97. The molecule has 1 aliphatic carbocycles. The summed E-state index contributed by atoms with van der Waals surface area (Å²) in [6.07, 6.45) is 2.81. The van der Waals surface area contributed by atoms with E-state index in [0.717, 1.165) is 43.5 Å². The van der Waals surface area contributed by atoms with Crippen LogP contribution in [0.1, 0.15) is 30.4 Å². The van der Waals surface area contributed by atoms with Crippen LogP contribution in [0.3, 0.4) is 0 Å². The van der Waals surface area contributed by atoms with E-state index in [4.69, 9.17) is 27.9 Å². The summed E-state index contributed by atoms with van der Waals surface area (Å²) in [5, 5.41) is 14.4. The molecule has 2 aliphatic rings. The summed E-state index contributed by atoms with van der Waals surface area (Å²) in [6, 6.07) is 12.9. The van der Waals surface area contributed by atoms with Gasteiger partial charge < -0.3 is 20.1 Å². The first-order valence-corrected chi connectivity index (χ1v) is 11.8. The van der Waals surface area contributed by atoms with E-state index >= 15 is 0 Å². The van der Waals surface area contributed by atoms with Crippen LogP contribution in [-0.2, 0) is 21.4 Å². The number of rotatable bonds is 5. The van der Waals surface area contributed by atoms with Crippen molar-refractivity contribution in [3.8, 4) is 5.75 Å². The zero-order chi connectivity index (χ0) is 22.9. The summed E-state index contributed by atoms with van der Waals surface area (Å²) in [5.74, 6) is 0.520. The number of fused-ring (bicyclic) bond motifs is 1. The summed E-state index contributed by atoms with van der Waals surface area (Å²) >= 11 is 12.1. The number of amides is 1. The lowest BCUT2D eigenvalue weighted by Crippen LogP contribution is -2.60. The Morgan fingerprint density at radius 1 is 1.25 bits per heavy atom. The Hall–Kier alpha value is -1.79. The minimum Gasteiger partial charge on any atom is -0.508 e. The number of phenolic OH excluding ortho intramolecular Hbond substituents is 1. The number of benzene rings is 2. The van der Waals surface area contributed by atoms with E-state index in [1.807, 2.05) is 18.2 Å². The first kappa shape index (κ1) is 23.4. The van der Waals surface area contributed by atoms with Gasteiger partial charge in [-0.05, 0) is 68.2 Å². The van der Waals surface area contributed by atoms with Crippen molar-refractivity contribution in [2.24, 2.45) is 5.92 Å². The highest BCUT2D eigenvalue weighted by molar-refractivity contribution is 6.42. The number of carbonyl (C=O) groups is 1. The van der Waals surface area contributed by atoms with Crippen molar-refractivity contribution < 1.29 is 14.6 Å². The highest BCUT2D eigenvalue weighted by Gasteiger charge is 2.52. The lowest BCUT2D eigenvalue weighted by molar-refractivity contribution is -0.123. The molecule has 5 nitrogen and oxygen atoms in total. The topological polar surface area (TPSA) is 61.8 Å². The minimum atomic E-state index is -0.161. The van der Waals surface area contributed by atoms with Crippen LogP contribution in [-0.4, -0.2) is 55.3 Å². The number of nitrogens with zero attached hydrogens (tertiary/aromatic N) is 1. The van der Waals surface area contributed by atoms with Crippen molar-refractivity contribution in [1.82, 2.24) is 10.2 Å². The molecule has 1 saturated carbocycles. The van der Waals surface area contributed by atoms with Crippen molar-refractivity contribution in [2.75, 3.05) is 27.2 Å². The van der Waals surface area contributed by atoms with E-state index in [9.17, 15) is 9.90 Å². The number of carbonyl (C=O) groups excluding carboxylic acids is 1. The highest BCUT2D eigenvalue weighted by atomic mass is 35.5. The van der Waals surface area contributed by atoms with Gasteiger partial charge in [-0.25, -0.2) is 0 Å². The molecule has 1 heterocycles. The van der Waals surface area contributed by atoms with Crippen LogP contribution in [0.5, 0.6) is 5.75 Å². The number of halogens is 2. The van der Waals surface area contributed by atoms with Gasteiger partial charge in [-0.2, -0.15) is 0 Å². The predicted molar refractivity (Wildman–Crippen MR) is 128 cm³/mol. The van der Waals surface area contributed by atoms with Gasteiger partial charge >= 0.3 is 0 Å². The fourth-order valence-electron chi connectivity index (χ4n) is 5.65.